The number of hydrogen-bond acceptors (Lipinski definition) is 6. The highest BCUT2D eigenvalue weighted by atomic mass is 32.1. The van der Waals surface area contributed by atoms with E-state index in [9.17, 15) is 14.4 Å². The second-order valence-corrected chi connectivity index (χ2v) is 8.28. The second-order valence-electron chi connectivity index (χ2n) is 7.19. The van der Waals surface area contributed by atoms with Gasteiger partial charge >= 0.3 is 5.97 Å². The number of anilines is 1. The van der Waals surface area contributed by atoms with Crippen molar-refractivity contribution in [2.75, 3.05) is 12.4 Å². The molecule has 2 amide bonds. The second kappa shape index (κ2) is 7.79. The lowest BCUT2D eigenvalue weighted by atomic mass is 9.85. The maximum atomic E-state index is 13.3. The Morgan fingerprint density at radius 3 is 2.79 bits per heavy atom. The van der Waals surface area contributed by atoms with Gasteiger partial charge in [0.25, 0.3) is 11.8 Å². The Balaban J connectivity index is 1.53. The lowest BCUT2D eigenvalue weighted by Crippen LogP contribution is -2.46. The van der Waals surface area contributed by atoms with Gasteiger partial charge in [0.1, 0.15) is 6.04 Å². The third-order valence-corrected chi connectivity index (χ3v) is 6.58. The zero-order valence-electron chi connectivity index (χ0n) is 15.6. The van der Waals surface area contributed by atoms with Crippen LogP contribution in [-0.4, -0.2) is 41.9 Å². The Morgan fingerprint density at radius 1 is 1.21 bits per heavy atom. The molecular weight excluding hydrogens is 380 g/mol. The smallest absolute Gasteiger partial charge is 0.328 e. The lowest BCUT2D eigenvalue weighted by molar-refractivity contribution is -0.145. The summed E-state index contributed by atoms with van der Waals surface area (Å²) in [5.41, 5.74) is 0. The van der Waals surface area contributed by atoms with Crippen LogP contribution in [0.5, 0.6) is 0 Å². The molecule has 3 unspecified atom stereocenters. The van der Waals surface area contributed by atoms with E-state index in [0.29, 0.717) is 22.2 Å². The molecule has 1 aliphatic heterocycles. The van der Waals surface area contributed by atoms with Crippen LogP contribution in [0.15, 0.2) is 34.9 Å². The van der Waals surface area contributed by atoms with Crippen LogP contribution in [0.2, 0.25) is 0 Å². The minimum atomic E-state index is -0.533. The van der Waals surface area contributed by atoms with Crippen LogP contribution in [0.25, 0.3) is 0 Å². The van der Waals surface area contributed by atoms with Crippen molar-refractivity contribution in [3.8, 4) is 0 Å². The minimum Gasteiger partial charge on any atom is -0.467 e. The van der Waals surface area contributed by atoms with E-state index in [1.165, 1.54) is 24.7 Å². The van der Waals surface area contributed by atoms with Crippen molar-refractivity contribution in [2.45, 2.75) is 44.2 Å². The van der Waals surface area contributed by atoms with Gasteiger partial charge in [0.2, 0.25) is 0 Å². The predicted molar refractivity (Wildman–Crippen MR) is 103 cm³/mol. The van der Waals surface area contributed by atoms with Gasteiger partial charge in [-0.3, -0.25) is 9.59 Å². The van der Waals surface area contributed by atoms with Gasteiger partial charge in [-0.15, -0.1) is 11.3 Å². The molecular formula is C20H22N2O5S. The first-order valence-corrected chi connectivity index (χ1v) is 10.3. The van der Waals surface area contributed by atoms with E-state index in [2.05, 4.69) is 5.32 Å². The molecule has 1 N–H and O–H groups in total. The molecule has 3 atom stereocenters. The van der Waals surface area contributed by atoms with Gasteiger partial charge in [-0.2, -0.15) is 0 Å². The molecule has 0 aromatic carbocycles. The van der Waals surface area contributed by atoms with Crippen molar-refractivity contribution in [1.29, 1.82) is 0 Å². The summed E-state index contributed by atoms with van der Waals surface area (Å²) in [4.78, 5) is 39.9. The molecule has 8 heteroatoms. The Hall–Kier alpha value is -2.61. The molecule has 0 bridgehead atoms. The monoisotopic (exact) mass is 402 g/mol. The number of nitrogens with one attached hydrogen (secondary N) is 1. The Morgan fingerprint density at radius 2 is 2.04 bits per heavy atom. The molecule has 4 rings (SSSR count). The lowest BCUT2D eigenvalue weighted by Gasteiger charge is -2.33. The number of ether oxygens (including phenoxy) is 1. The number of fused-ring (bicyclic) bond motifs is 1. The van der Waals surface area contributed by atoms with Crippen LogP contribution >= 0.6 is 11.3 Å². The molecule has 0 spiro atoms. The maximum absolute atomic E-state index is 13.3. The van der Waals surface area contributed by atoms with Crippen molar-refractivity contribution in [3.05, 3.63) is 41.2 Å². The van der Waals surface area contributed by atoms with Crippen LogP contribution in [0.3, 0.4) is 0 Å². The molecule has 2 aromatic rings. The summed E-state index contributed by atoms with van der Waals surface area (Å²) < 4.78 is 10.0. The van der Waals surface area contributed by atoms with Crippen LogP contribution < -0.4 is 5.32 Å². The summed E-state index contributed by atoms with van der Waals surface area (Å²) in [6, 6.07) is 6.14. The Kier molecular flexibility index (Phi) is 5.21. The predicted octanol–water partition coefficient (Wildman–Crippen LogP) is 3.54. The number of carbonyl (C=O) groups is 3. The number of thiophene rings is 1. The fraction of sp³-hybridized carbons (Fsp3) is 0.450. The van der Waals surface area contributed by atoms with Gasteiger partial charge in [0.15, 0.2) is 5.76 Å². The minimum absolute atomic E-state index is 0.0774. The number of rotatable bonds is 4. The fourth-order valence-corrected chi connectivity index (χ4v) is 5.17. The first-order chi connectivity index (χ1) is 13.6. The number of nitrogens with zero attached hydrogens (tertiary/aromatic N) is 1. The largest absolute Gasteiger partial charge is 0.467 e. The van der Waals surface area contributed by atoms with Gasteiger partial charge in [-0.1, -0.05) is 12.8 Å². The van der Waals surface area contributed by atoms with E-state index >= 15 is 0 Å². The third-order valence-electron chi connectivity index (χ3n) is 5.59. The average molecular weight is 402 g/mol. The number of esters is 1. The average Bonchev–Trinajstić information content (AvgIpc) is 3.45. The number of methoxy groups -OCH3 is 1. The maximum Gasteiger partial charge on any atom is 0.328 e. The molecule has 2 fully saturated rings. The number of likely N-dealkylation sites (tertiary alicyclic amines) is 1. The van der Waals surface area contributed by atoms with E-state index in [0.717, 1.165) is 25.7 Å². The van der Waals surface area contributed by atoms with Crippen molar-refractivity contribution < 1.29 is 23.5 Å². The van der Waals surface area contributed by atoms with Crippen LogP contribution in [0.1, 0.15) is 52.3 Å². The summed E-state index contributed by atoms with van der Waals surface area (Å²) in [6.45, 7) is 0. The molecule has 1 saturated heterocycles. The molecule has 2 aromatic heterocycles. The zero-order chi connectivity index (χ0) is 19.7. The van der Waals surface area contributed by atoms with Gasteiger partial charge in [0.05, 0.1) is 23.3 Å². The molecule has 1 saturated carbocycles. The van der Waals surface area contributed by atoms with Gasteiger partial charge < -0.3 is 19.4 Å². The first-order valence-electron chi connectivity index (χ1n) is 9.43. The molecule has 3 heterocycles. The molecule has 148 valence electrons. The number of amides is 2. The quantitative estimate of drug-likeness (QED) is 0.790. The normalized spacial score (nSPS) is 23.9. The molecule has 28 heavy (non-hydrogen) atoms. The Bertz CT molecular complexity index is 875. The third kappa shape index (κ3) is 3.44. The fourth-order valence-electron chi connectivity index (χ4n) is 4.33. The Labute approximate surface area is 166 Å². The van der Waals surface area contributed by atoms with E-state index in [1.807, 2.05) is 0 Å². The van der Waals surface area contributed by atoms with Crippen molar-refractivity contribution in [1.82, 2.24) is 4.90 Å². The summed E-state index contributed by atoms with van der Waals surface area (Å²) in [6.07, 6.45) is 6.25. The molecule has 1 aliphatic carbocycles. The van der Waals surface area contributed by atoms with Crippen LogP contribution in [0.4, 0.5) is 5.00 Å². The van der Waals surface area contributed by atoms with Crippen LogP contribution in [0, 0.1) is 5.92 Å². The molecule has 2 aliphatic rings. The zero-order valence-corrected chi connectivity index (χ0v) is 16.4. The summed E-state index contributed by atoms with van der Waals surface area (Å²) >= 11 is 1.20. The van der Waals surface area contributed by atoms with E-state index < -0.39 is 6.04 Å². The van der Waals surface area contributed by atoms with Crippen molar-refractivity contribution in [2.24, 2.45) is 5.92 Å². The number of hydrogen-bond donors (Lipinski definition) is 1. The van der Waals surface area contributed by atoms with Gasteiger partial charge in [-0.05, 0) is 49.4 Å². The van der Waals surface area contributed by atoms with E-state index in [-0.39, 0.29) is 29.6 Å². The summed E-state index contributed by atoms with van der Waals surface area (Å²) in [5, 5.41) is 3.29. The van der Waals surface area contributed by atoms with Crippen LogP contribution in [-0.2, 0) is 9.53 Å². The van der Waals surface area contributed by atoms with Gasteiger partial charge in [-0.25, -0.2) is 4.79 Å². The van der Waals surface area contributed by atoms with Crippen molar-refractivity contribution in [3.63, 3.8) is 0 Å². The van der Waals surface area contributed by atoms with Crippen molar-refractivity contribution >= 4 is 34.1 Å². The topological polar surface area (TPSA) is 88.9 Å². The standard InChI is InChI=1S/C20H22N2O5S/c1-26-20(25)14-11-12-5-2-3-6-13(12)22(14)19(24)16-8-9-17(28-16)21-18(23)15-7-4-10-27-15/h4,7-10,12-14H,2-3,5-6,11H2,1H3,(H,21,23). The number of furan rings is 1. The summed E-state index contributed by atoms with van der Waals surface area (Å²) in [5.74, 6) is -0.345. The first kappa shape index (κ1) is 18.7. The number of carbonyl (C=O) groups excluding carboxylic acids is 3. The highest BCUT2D eigenvalue weighted by Crippen LogP contribution is 2.41. The van der Waals surface area contributed by atoms with Gasteiger partial charge in [0, 0.05) is 6.04 Å². The SMILES string of the molecule is COC(=O)C1CC2CCCCC2N1C(=O)c1ccc(NC(=O)c2ccco2)s1. The van der Waals surface area contributed by atoms with E-state index in [4.69, 9.17) is 9.15 Å². The molecule has 0 radical (unpaired) electrons. The summed E-state index contributed by atoms with van der Waals surface area (Å²) in [7, 11) is 1.36. The highest BCUT2D eigenvalue weighted by molar-refractivity contribution is 7.18. The molecule has 7 nitrogen and oxygen atoms in total. The van der Waals surface area contributed by atoms with E-state index in [1.54, 1.807) is 29.2 Å². The highest BCUT2D eigenvalue weighted by Gasteiger charge is 2.48.